The van der Waals surface area contributed by atoms with E-state index >= 15 is 0 Å². The van der Waals surface area contributed by atoms with Crippen LogP contribution in [0.3, 0.4) is 0 Å². The van der Waals surface area contributed by atoms with E-state index in [1.807, 2.05) is 0 Å². The van der Waals surface area contributed by atoms with Crippen molar-refractivity contribution in [1.82, 2.24) is 0 Å². The van der Waals surface area contributed by atoms with Gasteiger partial charge in [-0.3, -0.25) is 6.54 Å². The molecule has 1 saturated carbocycles. The van der Waals surface area contributed by atoms with Crippen LogP contribution in [0.1, 0.15) is 12.8 Å². The smallest absolute Gasteiger partial charge is 0.691 e. The number of hydrogen-bond acceptors (Lipinski definition) is 0. The molecule has 0 heterocycles. The summed E-state index contributed by atoms with van der Waals surface area (Å²) in [6.45, 7) is 4.13. The molecule has 0 amide bonds. The maximum absolute atomic E-state index is 3.62. The van der Waals surface area contributed by atoms with Crippen LogP contribution >= 0.6 is 0 Å². The molecule has 0 aliphatic heterocycles. The molecule has 3 heteroatoms. The Kier molecular flexibility index (Phi) is 30.6. The molecule has 0 atom stereocenters. The van der Waals surface area contributed by atoms with E-state index in [0.29, 0.717) is 6.54 Å². The fourth-order valence-electron chi connectivity index (χ4n) is 0. The van der Waals surface area contributed by atoms with E-state index in [4.69, 9.17) is 0 Å². The monoisotopic (exact) mass is 387 g/mol. The first-order chi connectivity index (χ1) is 3.41. The second kappa shape index (κ2) is 16.3. The van der Waals surface area contributed by atoms with Gasteiger partial charge < -0.3 is 18.7 Å². The molecular weight excluding hydrogens is 375 g/mol. The predicted molar refractivity (Wildman–Crippen MR) is 33.0 cm³/mol. The molecule has 0 spiro atoms. The van der Waals surface area contributed by atoms with Crippen LogP contribution in [0.5, 0.6) is 0 Å². The van der Waals surface area contributed by atoms with Crippen LogP contribution in [0.2, 0.25) is 0 Å². The number of hydrogen-bond donors (Lipinski definition) is 0. The normalized spacial score (nSPS) is 11.3. The van der Waals surface area contributed by atoms with Crippen LogP contribution in [0, 0.1) is 44.5 Å². The van der Waals surface area contributed by atoms with Gasteiger partial charge in [0.05, 0.1) is 0 Å². The second-order valence-corrected chi connectivity index (χ2v) is 1.41. The van der Waals surface area contributed by atoms with Crippen LogP contribution in [0.15, 0.2) is 0 Å². The SMILES string of the molecule is [CH-]1CC1.[CH2-]C[N-]C.[U].[V+2]. The van der Waals surface area contributed by atoms with Crippen LogP contribution in [-0.4, -0.2) is 13.6 Å². The standard InChI is InChI=1S/C3H7N.C3H5.U.V/c1-3-4-2;1-2-3-1;;/h1,3H2,2H3;1H,2-3H2;;/q-2;-1;;+2. The zero-order valence-corrected chi connectivity index (χ0v) is 11.4. The van der Waals surface area contributed by atoms with Crippen molar-refractivity contribution in [3.05, 3.63) is 18.7 Å². The molecule has 0 aromatic rings. The fourth-order valence-corrected chi connectivity index (χ4v) is 0. The quantitative estimate of drug-likeness (QED) is 0.610. The Balaban J connectivity index is -0.0000000660. The van der Waals surface area contributed by atoms with E-state index in [1.54, 1.807) is 7.05 Å². The largest absolute Gasteiger partial charge is 2.00 e. The Bertz CT molecular complexity index is 29.5. The summed E-state index contributed by atoms with van der Waals surface area (Å²) in [5, 5.41) is 3.62. The third-order valence-electron chi connectivity index (χ3n) is 0.512. The van der Waals surface area contributed by atoms with Gasteiger partial charge in [-0.1, -0.05) is 0 Å². The Morgan fingerprint density at radius 2 is 1.78 bits per heavy atom. The number of nitrogens with zero attached hydrogens (tertiary/aromatic N) is 1. The molecule has 0 aromatic carbocycles. The third-order valence-corrected chi connectivity index (χ3v) is 0.512. The Labute approximate surface area is 94.0 Å². The van der Waals surface area contributed by atoms with Crippen molar-refractivity contribution in [2.45, 2.75) is 12.8 Å². The summed E-state index contributed by atoms with van der Waals surface area (Å²) in [4.78, 5) is 0. The van der Waals surface area contributed by atoms with E-state index in [0.717, 1.165) is 0 Å². The van der Waals surface area contributed by atoms with Gasteiger partial charge >= 0.3 is 18.6 Å². The maximum Gasteiger partial charge on any atom is 2.00 e. The molecule has 1 nitrogen and oxygen atoms in total. The summed E-state index contributed by atoms with van der Waals surface area (Å²) in [7, 11) is 1.74. The summed E-state index contributed by atoms with van der Waals surface area (Å²) in [6.07, 6.45) is 5.00. The molecule has 51 valence electrons. The molecule has 0 aromatic heterocycles. The van der Waals surface area contributed by atoms with Gasteiger partial charge in [-0.25, -0.2) is 12.8 Å². The van der Waals surface area contributed by atoms with Crippen molar-refractivity contribution in [2.75, 3.05) is 13.6 Å². The minimum Gasteiger partial charge on any atom is -0.691 e. The van der Waals surface area contributed by atoms with Crippen molar-refractivity contribution in [3.8, 4) is 0 Å². The van der Waals surface area contributed by atoms with Gasteiger partial charge in [0, 0.05) is 31.1 Å². The van der Waals surface area contributed by atoms with Gasteiger partial charge in [0.15, 0.2) is 0 Å². The van der Waals surface area contributed by atoms with Crippen LogP contribution in [0.25, 0.3) is 5.32 Å². The molecule has 0 unspecified atom stereocenters. The van der Waals surface area contributed by atoms with E-state index < -0.39 is 0 Å². The molecule has 1 aliphatic rings. The van der Waals surface area contributed by atoms with Gasteiger partial charge in [0.2, 0.25) is 0 Å². The summed E-state index contributed by atoms with van der Waals surface area (Å²) >= 11 is 0. The Morgan fingerprint density at radius 1 is 1.56 bits per heavy atom. The van der Waals surface area contributed by atoms with Crippen molar-refractivity contribution < 1.29 is 49.7 Å². The van der Waals surface area contributed by atoms with Gasteiger partial charge in [-0.15, -0.1) is 0 Å². The molecule has 9 heavy (non-hydrogen) atoms. The van der Waals surface area contributed by atoms with Crippen LogP contribution in [0.4, 0.5) is 0 Å². The Morgan fingerprint density at radius 3 is 1.78 bits per heavy atom. The Hall–Kier alpha value is 1.60. The molecule has 0 saturated heterocycles. The van der Waals surface area contributed by atoms with Crippen molar-refractivity contribution in [1.29, 1.82) is 0 Å². The molecule has 1 rings (SSSR count). The summed E-state index contributed by atoms with van der Waals surface area (Å²) in [6, 6.07) is 0. The summed E-state index contributed by atoms with van der Waals surface area (Å²) in [5.41, 5.74) is 0. The second-order valence-electron chi connectivity index (χ2n) is 1.41. The predicted octanol–water partition coefficient (Wildman–Crippen LogP) is 1.81. The molecule has 0 N–H and O–H groups in total. The first kappa shape index (κ1) is 16.9. The maximum atomic E-state index is 3.62. The number of rotatable bonds is 1. The first-order valence-electron chi connectivity index (χ1n) is 2.58. The summed E-state index contributed by atoms with van der Waals surface area (Å²) < 4.78 is 0. The van der Waals surface area contributed by atoms with Gasteiger partial charge in [0.1, 0.15) is 0 Å². The van der Waals surface area contributed by atoms with Crippen molar-refractivity contribution in [2.24, 2.45) is 0 Å². The minimum atomic E-state index is 0. The molecule has 1 radical (unpaired) electrons. The van der Waals surface area contributed by atoms with Gasteiger partial charge in [0.25, 0.3) is 0 Å². The van der Waals surface area contributed by atoms with Gasteiger partial charge in [-0.2, -0.15) is 7.05 Å². The minimum absolute atomic E-state index is 0. The molecule has 0 bridgehead atoms. The average Bonchev–Trinajstić information content (AvgIpc) is 2.47. The first-order valence-corrected chi connectivity index (χ1v) is 2.58. The third kappa shape index (κ3) is 42.8. The zero-order chi connectivity index (χ0) is 5.54. The van der Waals surface area contributed by atoms with Crippen molar-refractivity contribution >= 4 is 0 Å². The summed E-state index contributed by atoms with van der Waals surface area (Å²) in [5.74, 6) is 0. The average molecular weight is 387 g/mol. The fraction of sp³-hybridized carbons (Fsp3) is 0.667. The van der Waals surface area contributed by atoms with Crippen LogP contribution in [-0.2, 0) is 18.6 Å². The molecule has 1 fully saturated rings. The van der Waals surface area contributed by atoms with Gasteiger partial charge in [-0.05, 0) is 0 Å². The molecular formula is C6H12NUV-. The van der Waals surface area contributed by atoms with E-state index in [-0.39, 0.29) is 49.7 Å². The van der Waals surface area contributed by atoms with Crippen molar-refractivity contribution in [3.63, 3.8) is 0 Å². The molecule has 1 aliphatic carbocycles. The topological polar surface area (TPSA) is 14.1 Å². The van der Waals surface area contributed by atoms with E-state index in [9.17, 15) is 0 Å². The van der Waals surface area contributed by atoms with E-state index in [2.05, 4.69) is 18.7 Å². The van der Waals surface area contributed by atoms with Crippen LogP contribution < -0.4 is 0 Å². The zero-order valence-electron chi connectivity index (χ0n) is 5.80. The van der Waals surface area contributed by atoms with E-state index in [1.165, 1.54) is 12.8 Å².